The normalized spacial score (nSPS) is 11.4. The number of benzene rings is 2. The van der Waals surface area contributed by atoms with Crippen LogP contribution in [0.5, 0.6) is 11.5 Å². The molecule has 13 heteroatoms. The van der Waals surface area contributed by atoms with Gasteiger partial charge in [-0.25, -0.2) is 0 Å². The van der Waals surface area contributed by atoms with Crippen molar-refractivity contribution in [1.82, 2.24) is 9.69 Å². The fourth-order valence-corrected chi connectivity index (χ4v) is 3.60. The zero-order valence-electron chi connectivity index (χ0n) is 18.4. The van der Waals surface area contributed by atoms with Crippen molar-refractivity contribution < 1.29 is 62.2 Å². The van der Waals surface area contributed by atoms with Crippen LogP contribution in [0.1, 0.15) is 16.8 Å². The van der Waals surface area contributed by atoms with Gasteiger partial charge in [-0.15, -0.1) is 0 Å². The number of aryl methyl sites for hydroxylation is 1. The van der Waals surface area contributed by atoms with Crippen LogP contribution in [-0.2, 0) is 15.8 Å². The molecule has 1 amide bonds. The van der Waals surface area contributed by atoms with Gasteiger partial charge in [-0.05, 0) is 60.4 Å². The molecule has 0 saturated heterocycles. The number of aliphatic carboxylic acids is 1. The zero-order valence-corrected chi connectivity index (χ0v) is 22.0. The molecule has 0 aliphatic carbocycles. The molecule has 1 aromatic heterocycles. The van der Waals surface area contributed by atoms with Gasteiger partial charge in [0, 0.05) is 6.20 Å². The van der Waals surface area contributed by atoms with E-state index >= 15 is 0 Å². The summed E-state index contributed by atoms with van der Waals surface area (Å²) in [6, 6.07) is 10.3. The van der Waals surface area contributed by atoms with E-state index in [0.29, 0.717) is 27.0 Å². The van der Waals surface area contributed by atoms with Crippen LogP contribution in [0.2, 0.25) is 5.02 Å². The molecule has 1 heterocycles. The Kier molecular flexibility index (Phi) is 10.2. The predicted octanol–water partition coefficient (Wildman–Crippen LogP) is 1.24. The zero-order chi connectivity index (χ0) is 24.9. The van der Waals surface area contributed by atoms with Crippen molar-refractivity contribution in [3.05, 3.63) is 76.6 Å². The van der Waals surface area contributed by atoms with Gasteiger partial charge in [-0.3, -0.25) is 4.79 Å². The average Bonchev–Trinajstić information content (AvgIpc) is 3.09. The Morgan fingerprint density at radius 1 is 1.11 bits per heavy atom. The Morgan fingerprint density at radius 3 is 2.17 bits per heavy atom. The fourth-order valence-electron chi connectivity index (χ4n) is 2.67. The van der Waals surface area contributed by atoms with Gasteiger partial charge in [0.05, 0.1) is 34.4 Å². The standard InChI is InChI=1S/C22H17ClF3N3O4S.Na/c1-12-19(23)21(34-29-12)28-20(32)17(10-27-11-18(30)31)13-2-6-15(7-3-13)33-16-8-4-14(5-9-16)22(24,25)26;/h2-10,27H,11H2,1H3,(H,28,32)(H,30,31);/q;+1/p-1/b17-10-;. The van der Waals surface area contributed by atoms with E-state index in [0.717, 1.165) is 23.7 Å². The molecule has 35 heavy (non-hydrogen) atoms. The molecule has 0 fully saturated rings. The van der Waals surface area contributed by atoms with Crippen molar-refractivity contribution in [2.45, 2.75) is 13.1 Å². The number of carbonyl (C=O) groups excluding carboxylic acids is 2. The third-order valence-corrected chi connectivity index (χ3v) is 5.77. The number of carboxylic acids is 1. The van der Waals surface area contributed by atoms with Crippen molar-refractivity contribution in [1.29, 1.82) is 0 Å². The van der Waals surface area contributed by atoms with Crippen LogP contribution in [0, 0.1) is 6.92 Å². The van der Waals surface area contributed by atoms with Crippen molar-refractivity contribution in [3.8, 4) is 11.5 Å². The number of rotatable bonds is 8. The number of ether oxygens (including phenoxy) is 1. The molecule has 0 spiro atoms. The number of alkyl halides is 3. The molecule has 0 aliphatic heterocycles. The van der Waals surface area contributed by atoms with Crippen molar-refractivity contribution in [2.24, 2.45) is 0 Å². The Bertz CT molecular complexity index is 1220. The van der Waals surface area contributed by atoms with Crippen LogP contribution in [0.15, 0.2) is 54.7 Å². The van der Waals surface area contributed by atoms with Gasteiger partial charge in [0.1, 0.15) is 16.5 Å². The van der Waals surface area contributed by atoms with Gasteiger partial charge >= 0.3 is 35.7 Å². The maximum Gasteiger partial charge on any atom is 1.00 e. The Morgan fingerprint density at radius 2 is 1.69 bits per heavy atom. The monoisotopic (exact) mass is 533 g/mol. The van der Waals surface area contributed by atoms with E-state index in [1.807, 2.05) is 0 Å². The van der Waals surface area contributed by atoms with Crippen LogP contribution in [-0.4, -0.2) is 22.8 Å². The topological polar surface area (TPSA) is 103 Å². The summed E-state index contributed by atoms with van der Waals surface area (Å²) in [4.78, 5) is 23.6. The number of carbonyl (C=O) groups is 2. The summed E-state index contributed by atoms with van der Waals surface area (Å²) in [6.07, 6.45) is -3.23. The summed E-state index contributed by atoms with van der Waals surface area (Å²) in [6.45, 7) is 1.16. The third kappa shape index (κ3) is 7.97. The second-order valence-corrected chi connectivity index (χ2v) is 7.98. The quantitative estimate of drug-likeness (QED) is 0.334. The van der Waals surface area contributed by atoms with Gasteiger partial charge in [0.15, 0.2) is 0 Å². The molecule has 0 radical (unpaired) electrons. The van der Waals surface area contributed by atoms with Crippen LogP contribution < -0.4 is 50.0 Å². The predicted molar refractivity (Wildman–Crippen MR) is 119 cm³/mol. The summed E-state index contributed by atoms with van der Waals surface area (Å²) in [5.74, 6) is -1.43. The Labute approximate surface area is 229 Å². The molecule has 3 rings (SSSR count). The van der Waals surface area contributed by atoms with Crippen molar-refractivity contribution in [3.63, 3.8) is 0 Å². The first-order chi connectivity index (χ1) is 16.0. The van der Waals surface area contributed by atoms with Crippen LogP contribution >= 0.6 is 23.1 Å². The van der Waals surface area contributed by atoms with Gasteiger partial charge in [-0.2, -0.15) is 17.5 Å². The molecular weight excluding hydrogens is 518 g/mol. The van der Waals surface area contributed by atoms with Gasteiger partial charge in [-0.1, -0.05) is 23.7 Å². The molecule has 7 nitrogen and oxygen atoms in total. The number of halogens is 4. The maximum absolute atomic E-state index is 12.9. The molecule has 0 aliphatic rings. The van der Waals surface area contributed by atoms with E-state index in [-0.39, 0.29) is 40.9 Å². The number of anilines is 1. The minimum absolute atomic E-state index is 0. The van der Waals surface area contributed by atoms with E-state index in [4.69, 9.17) is 16.3 Å². The van der Waals surface area contributed by atoms with E-state index in [1.165, 1.54) is 42.6 Å². The van der Waals surface area contributed by atoms with Gasteiger partial charge in [0.25, 0.3) is 5.91 Å². The molecule has 2 aromatic carbocycles. The van der Waals surface area contributed by atoms with Crippen LogP contribution in [0.25, 0.3) is 5.57 Å². The second kappa shape index (κ2) is 12.4. The molecule has 0 bridgehead atoms. The van der Waals surface area contributed by atoms with Gasteiger partial charge < -0.3 is 25.3 Å². The summed E-state index contributed by atoms with van der Waals surface area (Å²) in [5, 5.41) is 16.5. The minimum Gasteiger partial charge on any atom is -0.548 e. The number of hydrogen-bond acceptors (Lipinski definition) is 7. The molecule has 3 aromatic rings. The number of hydrogen-bond donors (Lipinski definition) is 2. The maximum atomic E-state index is 12.9. The van der Waals surface area contributed by atoms with Crippen molar-refractivity contribution >= 4 is 45.6 Å². The number of carboxylic acid groups (broad SMARTS) is 1. The summed E-state index contributed by atoms with van der Waals surface area (Å²) in [7, 11) is 0. The number of nitrogens with one attached hydrogen (secondary N) is 2. The molecule has 0 unspecified atom stereocenters. The van der Waals surface area contributed by atoms with E-state index < -0.39 is 30.2 Å². The fraction of sp³-hybridized carbons (Fsp3) is 0.136. The molecule has 2 N–H and O–H groups in total. The smallest absolute Gasteiger partial charge is 0.548 e. The summed E-state index contributed by atoms with van der Waals surface area (Å²) >= 11 is 7.11. The van der Waals surface area contributed by atoms with E-state index in [2.05, 4.69) is 15.0 Å². The largest absolute Gasteiger partial charge is 1.00 e. The molecule has 178 valence electrons. The minimum atomic E-state index is -4.45. The van der Waals surface area contributed by atoms with Crippen LogP contribution in [0.3, 0.4) is 0 Å². The molecule has 0 atom stereocenters. The first-order valence-electron chi connectivity index (χ1n) is 9.56. The van der Waals surface area contributed by atoms with Gasteiger partial charge in [0.2, 0.25) is 0 Å². The van der Waals surface area contributed by atoms with Crippen molar-refractivity contribution in [2.75, 3.05) is 11.9 Å². The van der Waals surface area contributed by atoms with E-state index in [9.17, 15) is 27.9 Å². The van der Waals surface area contributed by atoms with E-state index in [1.54, 1.807) is 6.92 Å². The first-order valence-corrected chi connectivity index (χ1v) is 10.7. The summed E-state index contributed by atoms with van der Waals surface area (Å²) < 4.78 is 47.7. The molecular formula is C22H16ClF3N3NaO4S. The van der Waals surface area contributed by atoms with Crippen LogP contribution in [0.4, 0.5) is 18.2 Å². The third-order valence-electron chi connectivity index (χ3n) is 4.34. The summed E-state index contributed by atoms with van der Waals surface area (Å²) in [5.41, 5.74) is 0.244. The number of amides is 1. The Hall–Kier alpha value is -2.57. The molecule has 0 saturated carbocycles. The first kappa shape index (κ1) is 28.7. The number of aromatic nitrogens is 1. The SMILES string of the molecule is Cc1nsc(NC(=O)/C(=C\NCC(=O)[O-])c2ccc(Oc3ccc(C(F)(F)F)cc3)cc2)c1Cl.[Na+]. The average molecular weight is 534 g/mol. The Balaban J connectivity index is 0.00000432. The second-order valence-electron chi connectivity index (χ2n) is 6.82. The number of nitrogens with zero attached hydrogens (tertiary/aromatic N) is 1.